The van der Waals surface area contributed by atoms with Crippen LogP contribution in [0.15, 0.2) is 35.3 Å². The van der Waals surface area contributed by atoms with Crippen molar-refractivity contribution in [3.8, 4) is 5.75 Å². The quantitative estimate of drug-likeness (QED) is 0.218. The Morgan fingerprint density at radius 2 is 2.03 bits per heavy atom. The van der Waals surface area contributed by atoms with Crippen LogP contribution in [0.2, 0.25) is 0 Å². The van der Waals surface area contributed by atoms with Gasteiger partial charge in [0.15, 0.2) is 0 Å². The standard InChI is InChI=1S/C21H27N5O4/c1-21(28)8-6-14(7-9-21)24-12-13-10-16(18(30-2)11-15(13)22)25-20(27)17-4-3-5-19(23)26(17)29/h3-5,10-12,14,28-29H,6-9H2,1-2H3,(H4,22,23,24,25,27)/p+1. The predicted octanol–water partition coefficient (Wildman–Crippen LogP) is 1.75. The number of ether oxygens (including phenoxy) is 1. The molecule has 1 amide bonds. The van der Waals surface area contributed by atoms with E-state index in [9.17, 15) is 15.1 Å². The zero-order chi connectivity index (χ0) is 21.9. The van der Waals surface area contributed by atoms with Gasteiger partial charge in [0, 0.05) is 29.6 Å². The molecule has 0 saturated heterocycles. The second kappa shape index (κ2) is 8.58. The average Bonchev–Trinajstić information content (AvgIpc) is 2.70. The van der Waals surface area contributed by atoms with Gasteiger partial charge in [-0.1, -0.05) is 0 Å². The zero-order valence-electron chi connectivity index (χ0n) is 17.1. The van der Waals surface area contributed by atoms with Crippen molar-refractivity contribution in [3.05, 3.63) is 41.6 Å². The number of rotatable bonds is 5. The molecule has 9 heteroatoms. The lowest BCUT2D eigenvalue weighted by Crippen LogP contribution is -2.42. The Morgan fingerprint density at radius 1 is 1.33 bits per heavy atom. The molecule has 1 aromatic carbocycles. The number of anilines is 3. The van der Waals surface area contributed by atoms with E-state index in [0.717, 1.165) is 12.8 Å². The fraction of sp³-hybridized carbons (Fsp3) is 0.381. The molecule has 1 aliphatic rings. The van der Waals surface area contributed by atoms with E-state index in [4.69, 9.17) is 16.2 Å². The van der Waals surface area contributed by atoms with E-state index < -0.39 is 11.5 Å². The first-order valence-electron chi connectivity index (χ1n) is 9.74. The van der Waals surface area contributed by atoms with E-state index in [1.165, 1.54) is 19.2 Å². The van der Waals surface area contributed by atoms with Gasteiger partial charge in [0.05, 0.1) is 24.4 Å². The molecule has 7 N–H and O–H groups in total. The summed E-state index contributed by atoms with van der Waals surface area (Å²) in [5.41, 5.74) is 12.6. The van der Waals surface area contributed by atoms with E-state index in [0.29, 0.717) is 40.3 Å². The maximum Gasteiger partial charge on any atom is 0.312 e. The Hall–Kier alpha value is -3.33. The predicted molar refractivity (Wildman–Crippen MR) is 114 cm³/mol. The Morgan fingerprint density at radius 3 is 2.70 bits per heavy atom. The molecule has 0 unspecified atom stereocenters. The van der Waals surface area contributed by atoms with Gasteiger partial charge in [-0.05, 0) is 55.5 Å². The lowest BCUT2D eigenvalue weighted by atomic mass is 9.84. The maximum absolute atomic E-state index is 12.6. The molecular weight excluding hydrogens is 386 g/mol. The number of carbonyl (C=O) groups is 1. The minimum absolute atomic E-state index is 0.0293. The van der Waals surface area contributed by atoms with Crippen LogP contribution in [0.5, 0.6) is 5.75 Å². The first-order valence-corrected chi connectivity index (χ1v) is 9.74. The lowest BCUT2D eigenvalue weighted by Gasteiger charge is -2.31. The van der Waals surface area contributed by atoms with Crippen LogP contribution in [0.1, 0.15) is 48.7 Å². The number of benzene rings is 1. The molecule has 9 nitrogen and oxygen atoms in total. The van der Waals surface area contributed by atoms with E-state index >= 15 is 0 Å². The number of nitrogen functional groups attached to an aromatic ring is 2. The number of nitrogens with zero attached hydrogens (tertiary/aromatic N) is 2. The van der Waals surface area contributed by atoms with Crippen LogP contribution in [0.25, 0.3) is 0 Å². The van der Waals surface area contributed by atoms with Crippen molar-refractivity contribution in [1.82, 2.24) is 0 Å². The summed E-state index contributed by atoms with van der Waals surface area (Å²) in [4.78, 5) is 17.2. The minimum atomic E-state index is -0.618. The molecular formula is C21H28N5O4+. The van der Waals surface area contributed by atoms with Crippen LogP contribution in [0, 0.1) is 0 Å². The number of aromatic nitrogens is 1. The fourth-order valence-electron chi connectivity index (χ4n) is 3.43. The Balaban J connectivity index is 1.82. The van der Waals surface area contributed by atoms with E-state index in [1.807, 2.05) is 6.92 Å². The van der Waals surface area contributed by atoms with Crippen LogP contribution in [-0.2, 0) is 0 Å². The number of nitrogens with two attached hydrogens (primary N) is 2. The molecule has 3 rings (SSSR count). The number of methoxy groups -OCH3 is 1. The third kappa shape index (κ3) is 4.80. The van der Waals surface area contributed by atoms with Gasteiger partial charge in [-0.25, -0.2) is 0 Å². The SMILES string of the molecule is COc1cc(N)c(C=NC2CCC(C)(O)CC2)cc1NC(=O)c1cccc(N)[n+]1O. The summed E-state index contributed by atoms with van der Waals surface area (Å²) in [6.45, 7) is 1.85. The summed E-state index contributed by atoms with van der Waals surface area (Å²) in [7, 11) is 1.47. The number of hydrogen-bond acceptors (Lipinski definition) is 7. The molecule has 2 aromatic rings. The monoisotopic (exact) mass is 414 g/mol. The minimum Gasteiger partial charge on any atom is -0.494 e. The number of nitrogens with one attached hydrogen (secondary N) is 1. The zero-order valence-corrected chi connectivity index (χ0v) is 17.1. The number of aliphatic imine (C=N–C) groups is 1. The van der Waals surface area contributed by atoms with Gasteiger partial charge in [-0.2, -0.15) is 0 Å². The third-order valence-corrected chi connectivity index (χ3v) is 5.34. The van der Waals surface area contributed by atoms with Gasteiger partial charge < -0.3 is 26.1 Å². The molecule has 0 spiro atoms. The summed E-state index contributed by atoms with van der Waals surface area (Å²) >= 11 is 0. The molecule has 0 atom stereocenters. The molecule has 0 aliphatic heterocycles. The van der Waals surface area contributed by atoms with Crippen LogP contribution in [0.4, 0.5) is 17.2 Å². The maximum atomic E-state index is 12.6. The molecule has 1 saturated carbocycles. The molecule has 1 aliphatic carbocycles. The summed E-state index contributed by atoms with van der Waals surface area (Å²) < 4.78 is 5.94. The van der Waals surface area contributed by atoms with Gasteiger partial charge in [-0.3, -0.25) is 15.5 Å². The van der Waals surface area contributed by atoms with Gasteiger partial charge >= 0.3 is 5.82 Å². The first-order chi connectivity index (χ1) is 14.2. The van der Waals surface area contributed by atoms with Crippen molar-refractivity contribution in [2.75, 3.05) is 23.9 Å². The van der Waals surface area contributed by atoms with Gasteiger partial charge in [0.25, 0.3) is 5.91 Å². The Kier molecular flexibility index (Phi) is 6.12. The topological polar surface area (TPSA) is 147 Å². The number of amides is 1. The molecule has 0 bridgehead atoms. The number of aliphatic hydroxyl groups is 1. The fourth-order valence-corrected chi connectivity index (χ4v) is 3.43. The molecule has 160 valence electrons. The van der Waals surface area contributed by atoms with E-state index in [2.05, 4.69) is 10.3 Å². The van der Waals surface area contributed by atoms with Crippen LogP contribution in [0.3, 0.4) is 0 Å². The molecule has 1 heterocycles. The van der Waals surface area contributed by atoms with Crippen molar-refractivity contribution in [3.63, 3.8) is 0 Å². The van der Waals surface area contributed by atoms with Crippen molar-refractivity contribution in [2.24, 2.45) is 4.99 Å². The number of carbonyl (C=O) groups excluding carboxylic acids is 1. The first kappa shape index (κ1) is 21.4. The van der Waals surface area contributed by atoms with Gasteiger partial charge in [-0.15, -0.1) is 0 Å². The van der Waals surface area contributed by atoms with Crippen LogP contribution >= 0.6 is 0 Å². The second-order valence-electron chi connectivity index (χ2n) is 7.79. The number of pyridine rings is 1. The second-order valence-corrected chi connectivity index (χ2v) is 7.79. The van der Waals surface area contributed by atoms with Crippen molar-refractivity contribution in [1.29, 1.82) is 0 Å². The molecule has 30 heavy (non-hydrogen) atoms. The summed E-state index contributed by atoms with van der Waals surface area (Å²) in [6, 6.07) is 7.87. The summed E-state index contributed by atoms with van der Waals surface area (Å²) in [5.74, 6) is -0.156. The van der Waals surface area contributed by atoms with E-state index in [-0.39, 0.29) is 17.6 Å². The highest BCUT2D eigenvalue weighted by Gasteiger charge is 2.28. The lowest BCUT2D eigenvalue weighted by molar-refractivity contribution is -0.894. The van der Waals surface area contributed by atoms with Gasteiger partial charge in [0.1, 0.15) is 5.75 Å². The van der Waals surface area contributed by atoms with E-state index in [1.54, 1.807) is 24.4 Å². The summed E-state index contributed by atoms with van der Waals surface area (Å²) in [5, 5.41) is 22.8. The summed E-state index contributed by atoms with van der Waals surface area (Å²) in [6.07, 6.45) is 4.69. The normalized spacial score (nSPS) is 21.5. The number of hydrogen-bond donors (Lipinski definition) is 5. The highest BCUT2D eigenvalue weighted by Crippen LogP contribution is 2.31. The molecule has 0 radical (unpaired) electrons. The van der Waals surface area contributed by atoms with Gasteiger partial charge in [0.2, 0.25) is 5.69 Å². The Labute approximate surface area is 175 Å². The highest BCUT2D eigenvalue weighted by molar-refractivity contribution is 6.04. The van der Waals surface area contributed by atoms with Crippen molar-refractivity contribution >= 4 is 29.3 Å². The van der Waals surface area contributed by atoms with Crippen LogP contribution in [-0.4, -0.2) is 41.2 Å². The average molecular weight is 414 g/mol. The van der Waals surface area contributed by atoms with Crippen molar-refractivity contribution in [2.45, 2.75) is 44.2 Å². The smallest absolute Gasteiger partial charge is 0.312 e. The third-order valence-electron chi connectivity index (χ3n) is 5.34. The Bertz CT molecular complexity index is 964. The highest BCUT2D eigenvalue weighted by atomic mass is 16.5. The molecule has 1 fully saturated rings. The largest absolute Gasteiger partial charge is 0.494 e. The van der Waals surface area contributed by atoms with Crippen LogP contribution < -0.4 is 26.3 Å². The molecule has 1 aromatic heterocycles. The van der Waals surface area contributed by atoms with Crippen molar-refractivity contribution < 1.29 is 24.6 Å².